The highest BCUT2D eigenvalue weighted by Crippen LogP contribution is 2.38. The Morgan fingerprint density at radius 1 is 0.897 bits per heavy atom. The number of aromatic nitrogens is 2. The molecule has 0 saturated carbocycles. The Hall–Kier alpha value is -3.44. The van der Waals surface area contributed by atoms with E-state index < -0.39 is 0 Å². The molecule has 29 heavy (non-hydrogen) atoms. The fraction of sp³-hybridized carbons (Fsp3) is 0.0833. The lowest BCUT2D eigenvalue weighted by Crippen LogP contribution is -2.13. The number of aryl methyl sites for hydroxylation is 1. The fourth-order valence-electron chi connectivity index (χ4n) is 3.61. The monoisotopic (exact) mass is 397 g/mol. The minimum atomic E-state index is -0.260. The molecule has 2 heterocycles. The Morgan fingerprint density at radius 2 is 1.72 bits per heavy atom. The van der Waals surface area contributed by atoms with Gasteiger partial charge in [0.2, 0.25) is 0 Å². The summed E-state index contributed by atoms with van der Waals surface area (Å²) in [7, 11) is 0. The zero-order valence-corrected chi connectivity index (χ0v) is 16.6. The van der Waals surface area contributed by atoms with E-state index in [4.69, 9.17) is 4.98 Å². The number of nitrogens with zero attached hydrogens (tertiary/aromatic N) is 2. The van der Waals surface area contributed by atoms with Crippen molar-refractivity contribution in [3.05, 3.63) is 95.7 Å². The zero-order valence-electron chi connectivity index (χ0n) is 15.8. The summed E-state index contributed by atoms with van der Waals surface area (Å²) in [6, 6.07) is 23.6. The molecule has 3 aromatic carbocycles. The molecule has 5 aromatic rings. The maximum atomic E-state index is 10.8. The molecule has 0 fully saturated rings. The molecule has 2 N–H and O–H groups in total. The van der Waals surface area contributed by atoms with Gasteiger partial charge in [-0.1, -0.05) is 59.4 Å². The predicted molar refractivity (Wildman–Crippen MR) is 120 cm³/mol. The SMILES string of the molecule is Cc1ccc(C(Nc2nc3ccccc3s2)c2c(O)ccc3ncccc23)cc1. The number of rotatable bonds is 4. The van der Waals surface area contributed by atoms with Crippen molar-refractivity contribution in [2.24, 2.45) is 0 Å². The summed E-state index contributed by atoms with van der Waals surface area (Å²) >= 11 is 1.61. The Bertz CT molecular complexity index is 1280. The van der Waals surface area contributed by atoms with Gasteiger partial charge in [0, 0.05) is 17.1 Å². The maximum absolute atomic E-state index is 10.8. The van der Waals surface area contributed by atoms with E-state index in [1.165, 1.54) is 5.56 Å². The van der Waals surface area contributed by atoms with E-state index in [9.17, 15) is 5.11 Å². The Labute approximate surface area is 172 Å². The van der Waals surface area contributed by atoms with E-state index in [2.05, 4.69) is 47.6 Å². The van der Waals surface area contributed by atoms with Gasteiger partial charge in [-0.3, -0.25) is 4.98 Å². The molecule has 2 aromatic heterocycles. The topological polar surface area (TPSA) is 58.0 Å². The molecule has 142 valence electrons. The number of hydrogen-bond donors (Lipinski definition) is 2. The summed E-state index contributed by atoms with van der Waals surface area (Å²) in [5, 5.41) is 16.1. The van der Waals surface area contributed by atoms with Crippen molar-refractivity contribution in [2.45, 2.75) is 13.0 Å². The molecular formula is C24H19N3OS. The molecule has 0 spiro atoms. The second kappa shape index (κ2) is 7.18. The normalized spacial score (nSPS) is 12.3. The van der Waals surface area contributed by atoms with E-state index in [-0.39, 0.29) is 11.8 Å². The van der Waals surface area contributed by atoms with Crippen LogP contribution >= 0.6 is 11.3 Å². The van der Waals surface area contributed by atoms with E-state index >= 15 is 0 Å². The van der Waals surface area contributed by atoms with Gasteiger partial charge >= 0.3 is 0 Å². The molecule has 4 nitrogen and oxygen atoms in total. The number of hydrogen-bond acceptors (Lipinski definition) is 5. The van der Waals surface area contributed by atoms with Crippen LogP contribution in [0.15, 0.2) is 79.0 Å². The Kier molecular flexibility index (Phi) is 4.37. The van der Waals surface area contributed by atoms with Crippen molar-refractivity contribution < 1.29 is 5.11 Å². The molecule has 1 atom stereocenters. The molecule has 0 aliphatic heterocycles. The second-order valence-corrected chi connectivity index (χ2v) is 8.07. The molecule has 5 rings (SSSR count). The average Bonchev–Trinajstić information content (AvgIpc) is 3.16. The quantitative estimate of drug-likeness (QED) is 0.387. The first-order valence-corrected chi connectivity index (χ1v) is 10.3. The molecule has 5 heteroatoms. The number of fused-ring (bicyclic) bond motifs is 2. The molecular weight excluding hydrogens is 378 g/mol. The van der Waals surface area contributed by atoms with Crippen LogP contribution in [0.3, 0.4) is 0 Å². The van der Waals surface area contributed by atoms with Gasteiger partial charge in [0.25, 0.3) is 0 Å². The van der Waals surface area contributed by atoms with Crippen LogP contribution in [-0.4, -0.2) is 15.1 Å². The van der Waals surface area contributed by atoms with Crippen molar-refractivity contribution in [3.8, 4) is 5.75 Å². The van der Waals surface area contributed by atoms with E-state index in [1.807, 2.05) is 36.4 Å². The lowest BCUT2D eigenvalue weighted by molar-refractivity contribution is 0.468. The third-order valence-electron chi connectivity index (χ3n) is 5.06. The average molecular weight is 398 g/mol. The van der Waals surface area contributed by atoms with Gasteiger partial charge in [-0.15, -0.1) is 0 Å². The number of aromatic hydroxyl groups is 1. The van der Waals surface area contributed by atoms with Crippen LogP contribution in [0.1, 0.15) is 22.7 Å². The van der Waals surface area contributed by atoms with Gasteiger partial charge in [-0.05, 0) is 42.8 Å². The molecule has 0 aliphatic carbocycles. The maximum Gasteiger partial charge on any atom is 0.184 e. The largest absolute Gasteiger partial charge is 0.508 e. The van der Waals surface area contributed by atoms with E-state index in [1.54, 1.807) is 23.6 Å². The molecule has 1 unspecified atom stereocenters. The Morgan fingerprint density at radius 3 is 2.55 bits per heavy atom. The third kappa shape index (κ3) is 3.30. The first-order valence-electron chi connectivity index (χ1n) is 9.44. The van der Waals surface area contributed by atoms with Gasteiger partial charge < -0.3 is 10.4 Å². The highest BCUT2D eigenvalue weighted by Gasteiger charge is 2.22. The van der Waals surface area contributed by atoms with Gasteiger partial charge in [0.05, 0.1) is 21.8 Å². The van der Waals surface area contributed by atoms with Crippen molar-refractivity contribution in [1.29, 1.82) is 0 Å². The first-order chi connectivity index (χ1) is 14.2. The summed E-state index contributed by atoms with van der Waals surface area (Å²) in [5.41, 5.74) is 4.87. The summed E-state index contributed by atoms with van der Waals surface area (Å²) in [6.45, 7) is 2.07. The number of pyridine rings is 1. The predicted octanol–water partition coefficient (Wildman–Crippen LogP) is 6.06. The molecule has 0 amide bonds. The van der Waals surface area contributed by atoms with Gasteiger partial charge in [-0.2, -0.15) is 0 Å². The summed E-state index contributed by atoms with van der Waals surface area (Å²) in [4.78, 5) is 9.20. The van der Waals surface area contributed by atoms with Gasteiger partial charge in [0.15, 0.2) is 5.13 Å². The lowest BCUT2D eigenvalue weighted by Gasteiger charge is -2.22. The molecule has 0 radical (unpaired) electrons. The second-order valence-electron chi connectivity index (χ2n) is 7.04. The van der Waals surface area contributed by atoms with Gasteiger partial charge in [-0.25, -0.2) is 4.98 Å². The highest BCUT2D eigenvalue weighted by atomic mass is 32.1. The van der Waals surface area contributed by atoms with Crippen molar-refractivity contribution in [2.75, 3.05) is 5.32 Å². The smallest absolute Gasteiger partial charge is 0.184 e. The van der Waals surface area contributed by atoms with Crippen LogP contribution in [0.2, 0.25) is 0 Å². The van der Waals surface area contributed by atoms with Crippen LogP contribution in [0.4, 0.5) is 5.13 Å². The Balaban J connectivity index is 1.69. The van der Waals surface area contributed by atoms with Crippen LogP contribution in [0.25, 0.3) is 21.1 Å². The minimum Gasteiger partial charge on any atom is -0.508 e. The fourth-order valence-corrected chi connectivity index (χ4v) is 4.50. The number of phenols is 1. The van der Waals surface area contributed by atoms with Gasteiger partial charge in [0.1, 0.15) is 5.75 Å². The van der Waals surface area contributed by atoms with E-state index in [0.717, 1.165) is 37.4 Å². The van der Waals surface area contributed by atoms with Crippen LogP contribution in [0, 0.1) is 6.92 Å². The van der Waals surface area contributed by atoms with Crippen molar-refractivity contribution in [1.82, 2.24) is 9.97 Å². The lowest BCUT2D eigenvalue weighted by atomic mass is 9.94. The number of para-hydroxylation sites is 1. The summed E-state index contributed by atoms with van der Waals surface area (Å²) in [5.74, 6) is 0.240. The van der Waals surface area contributed by atoms with E-state index in [0.29, 0.717) is 0 Å². The molecule has 0 saturated heterocycles. The number of thiazole rings is 1. The van der Waals surface area contributed by atoms with Crippen molar-refractivity contribution in [3.63, 3.8) is 0 Å². The van der Waals surface area contributed by atoms with Crippen LogP contribution < -0.4 is 5.32 Å². The highest BCUT2D eigenvalue weighted by molar-refractivity contribution is 7.22. The molecule has 0 aliphatic rings. The first kappa shape index (κ1) is 17.6. The third-order valence-corrected chi connectivity index (χ3v) is 6.03. The van der Waals surface area contributed by atoms with Crippen LogP contribution in [0.5, 0.6) is 5.75 Å². The summed E-state index contributed by atoms with van der Waals surface area (Å²) in [6.07, 6.45) is 1.77. The number of anilines is 1. The zero-order chi connectivity index (χ0) is 19.8. The number of benzene rings is 3. The number of nitrogens with one attached hydrogen (secondary N) is 1. The van der Waals surface area contributed by atoms with Crippen molar-refractivity contribution >= 4 is 37.6 Å². The standard InChI is InChI=1S/C24H19N3OS/c1-15-8-10-16(11-9-15)23(27-24-26-19-6-2-3-7-21(19)29-24)22-17-5-4-14-25-18(17)12-13-20(22)28/h2-14,23,28H,1H3,(H,26,27). The minimum absolute atomic E-state index is 0.240. The summed E-state index contributed by atoms with van der Waals surface area (Å²) < 4.78 is 1.13. The number of phenolic OH excluding ortho intramolecular Hbond substituents is 1. The van der Waals surface area contributed by atoms with Crippen LogP contribution in [-0.2, 0) is 0 Å². The molecule has 0 bridgehead atoms.